The van der Waals surface area contributed by atoms with Gasteiger partial charge >= 0.3 is 0 Å². The Bertz CT molecular complexity index is 882. The predicted octanol–water partition coefficient (Wildman–Crippen LogP) is 1.92. The Morgan fingerprint density at radius 1 is 1.07 bits per heavy atom. The van der Waals surface area contributed by atoms with Gasteiger partial charge in [0.2, 0.25) is 5.91 Å². The van der Waals surface area contributed by atoms with Gasteiger partial charge in [-0.2, -0.15) is 8.42 Å². The molecule has 2 atom stereocenters. The molecule has 1 amide bonds. The maximum Gasteiger partial charge on any atom is 0.264 e. The largest absolute Gasteiger partial charge is 0.457 e. The molecule has 7 nitrogen and oxygen atoms in total. The van der Waals surface area contributed by atoms with Gasteiger partial charge in [-0.25, -0.2) is 0 Å². The highest BCUT2D eigenvalue weighted by atomic mass is 32.2. The highest BCUT2D eigenvalue weighted by molar-refractivity contribution is 7.86. The number of likely N-dealkylation sites (tertiary alicyclic amines) is 1. The minimum atomic E-state index is -3.71. The van der Waals surface area contributed by atoms with E-state index in [1.54, 1.807) is 12.1 Å². The molecular weight excluding hydrogens is 370 g/mol. The molecule has 27 heavy (non-hydrogen) atoms. The molecule has 144 valence electrons. The molecular formula is C19H21NO6S. The van der Waals surface area contributed by atoms with Crippen molar-refractivity contribution in [3.05, 3.63) is 60.2 Å². The molecule has 0 spiro atoms. The van der Waals surface area contributed by atoms with Crippen LogP contribution < -0.4 is 4.74 Å². The molecule has 1 fully saturated rings. The lowest BCUT2D eigenvalue weighted by atomic mass is 10.1. The van der Waals surface area contributed by atoms with E-state index in [1.165, 1.54) is 4.90 Å². The van der Waals surface area contributed by atoms with E-state index in [2.05, 4.69) is 0 Å². The standard InChI is InChI=1S/C19H21NO6S/c1-27(23,24)26-18-11-19(22)20(17(18)13-21)12-14-7-9-16(10-8-14)25-15-5-3-2-4-6-15/h2-10,17-18,21H,11-13H2,1H3/t17-,18-/m1/s1. The molecule has 0 bridgehead atoms. The highest BCUT2D eigenvalue weighted by Crippen LogP contribution is 2.27. The molecule has 0 radical (unpaired) electrons. The van der Waals surface area contributed by atoms with E-state index in [0.717, 1.165) is 17.6 Å². The van der Waals surface area contributed by atoms with Crippen LogP contribution in [-0.4, -0.2) is 49.3 Å². The van der Waals surface area contributed by atoms with E-state index in [0.29, 0.717) is 5.75 Å². The van der Waals surface area contributed by atoms with Crippen molar-refractivity contribution in [2.24, 2.45) is 0 Å². The summed E-state index contributed by atoms with van der Waals surface area (Å²) >= 11 is 0. The zero-order valence-electron chi connectivity index (χ0n) is 14.8. The number of aliphatic hydroxyl groups is 1. The SMILES string of the molecule is CS(=O)(=O)O[C@@H]1CC(=O)N(Cc2ccc(Oc3ccccc3)cc2)[C@@H]1CO. The summed E-state index contributed by atoms with van der Waals surface area (Å²) in [4.78, 5) is 13.7. The first-order chi connectivity index (χ1) is 12.9. The lowest BCUT2D eigenvalue weighted by Crippen LogP contribution is -2.40. The van der Waals surface area contributed by atoms with Gasteiger partial charge in [-0.3, -0.25) is 8.98 Å². The number of rotatable bonds is 7. The Labute approximate surface area is 158 Å². The van der Waals surface area contributed by atoms with Crippen LogP contribution in [0.3, 0.4) is 0 Å². The van der Waals surface area contributed by atoms with Crippen LogP contribution in [0.1, 0.15) is 12.0 Å². The number of benzene rings is 2. The molecule has 8 heteroatoms. The van der Waals surface area contributed by atoms with Gasteiger partial charge in [0.25, 0.3) is 10.1 Å². The molecule has 1 saturated heterocycles. The van der Waals surface area contributed by atoms with Crippen LogP contribution in [0.15, 0.2) is 54.6 Å². The predicted molar refractivity (Wildman–Crippen MR) is 98.7 cm³/mol. The lowest BCUT2D eigenvalue weighted by Gasteiger charge is -2.26. The molecule has 3 rings (SSSR count). The van der Waals surface area contributed by atoms with Gasteiger partial charge in [-0.05, 0) is 29.8 Å². The minimum absolute atomic E-state index is 0.0759. The van der Waals surface area contributed by atoms with E-state index in [4.69, 9.17) is 8.92 Å². The Hall–Kier alpha value is -2.42. The number of hydrogen-bond acceptors (Lipinski definition) is 6. The number of aliphatic hydroxyl groups excluding tert-OH is 1. The van der Waals surface area contributed by atoms with Crippen molar-refractivity contribution >= 4 is 16.0 Å². The summed E-state index contributed by atoms with van der Waals surface area (Å²) in [7, 11) is -3.71. The number of ether oxygens (including phenoxy) is 1. The van der Waals surface area contributed by atoms with Crippen LogP contribution in [0.2, 0.25) is 0 Å². The van der Waals surface area contributed by atoms with Gasteiger partial charge in [-0.15, -0.1) is 0 Å². The molecule has 0 unspecified atom stereocenters. The van der Waals surface area contributed by atoms with Crippen molar-refractivity contribution in [1.82, 2.24) is 4.90 Å². The van der Waals surface area contributed by atoms with Gasteiger partial charge < -0.3 is 14.7 Å². The first kappa shape index (κ1) is 19.3. The Balaban J connectivity index is 1.68. The maximum absolute atomic E-state index is 12.3. The van der Waals surface area contributed by atoms with Crippen molar-refractivity contribution < 1.29 is 27.2 Å². The molecule has 1 aliphatic heterocycles. The van der Waals surface area contributed by atoms with E-state index >= 15 is 0 Å². The summed E-state index contributed by atoms with van der Waals surface area (Å²) in [5, 5.41) is 9.62. The molecule has 0 aromatic heterocycles. The fourth-order valence-corrected chi connectivity index (χ4v) is 3.68. The smallest absolute Gasteiger partial charge is 0.264 e. The first-order valence-corrected chi connectivity index (χ1v) is 10.3. The zero-order valence-corrected chi connectivity index (χ0v) is 15.6. The van der Waals surface area contributed by atoms with E-state index in [9.17, 15) is 18.3 Å². The fraction of sp³-hybridized carbons (Fsp3) is 0.316. The Kier molecular flexibility index (Phi) is 5.79. The molecule has 2 aromatic rings. The average Bonchev–Trinajstić information content (AvgIpc) is 2.90. The van der Waals surface area contributed by atoms with Crippen LogP contribution >= 0.6 is 0 Å². The quantitative estimate of drug-likeness (QED) is 0.725. The van der Waals surface area contributed by atoms with Gasteiger partial charge in [0.1, 0.15) is 17.6 Å². The van der Waals surface area contributed by atoms with E-state index in [-0.39, 0.29) is 25.5 Å². The molecule has 2 aromatic carbocycles. The summed E-state index contributed by atoms with van der Waals surface area (Å²) in [5.41, 5.74) is 0.835. The van der Waals surface area contributed by atoms with Gasteiger partial charge in [0.15, 0.2) is 0 Å². The third-order valence-corrected chi connectivity index (χ3v) is 4.86. The lowest BCUT2D eigenvalue weighted by molar-refractivity contribution is -0.130. The van der Waals surface area contributed by atoms with Crippen LogP contribution in [0.5, 0.6) is 11.5 Å². The summed E-state index contributed by atoms with van der Waals surface area (Å²) in [6, 6.07) is 15.9. The van der Waals surface area contributed by atoms with E-state index < -0.39 is 22.3 Å². The number of hydrogen-bond donors (Lipinski definition) is 1. The van der Waals surface area contributed by atoms with Gasteiger partial charge in [0, 0.05) is 6.54 Å². The van der Waals surface area contributed by atoms with Crippen molar-refractivity contribution in [1.29, 1.82) is 0 Å². The average molecular weight is 391 g/mol. The second-order valence-corrected chi connectivity index (χ2v) is 7.97. The summed E-state index contributed by atoms with van der Waals surface area (Å²) in [6.45, 7) is -0.125. The summed E-state index contributed by atoms with van der Waals surface area (Å²) in [6.07, 6.45) is -0.0220. The summed E-state index contributed by atoms with van der Waals surface area (Å²) in [5.74, 6) is 1.13. The van der Waals surface area contributed by atoms with Crippen molar-refractivity contribution in [2.75, 3.05) is 12.9 Å². The molecule has 1 aliphatic rings. The van der Waals surface area contributed by atoms with Crippen molar-refractivity contribution in [3.8, 4) is 11.5 Å². The topological polar surface area (TPSA) is 93.1 Å². The first-order valence-electron chi connectivity index (χ1n) is 8.46. The molecule has 1 N–H and O–H groups in total. The highest BCUT2D eigenvalue weighted by Gasteiger charge is 2.41. The number of para-hydroxylation sites is 1. The van der Waals surface area contributed by atoms with Gasteiger partial charge in [0.05, 0.1) is 25.3 Å². The molecule has 1 heterocycles. The van der Waals surface area contributed by atoms with Gasteiger partial charge in [-0.1, -0.05) is 30.3 Å². The summed E-state index contributed by atoms with van der Waals surface area (Å²) < 4.78 is 33.4. The van der Waals surface area contributed by atoms with Crippen LogP contribution in [-0.2, 0) is 25.6 Å². The maximum atomic E-state index is 12.3. The van der Waals surface area contributed by atoms with Crippen LogP contribution in [0, 0.1) is 0 Å². The van der Waals surface area contributed by atoms with Crippen molar-refractivity contribution in [3.63, 3.8) is 0 Å². The second kappa shape index (κ2) is 8.08. The minimum Gasteiger partial charge on any atom is -0.457 e. The third kappa shape index (κ3) is 5.06. The number of nitrogens with zero attached hydrogens (tertiary/aromatic N) is 1. The normalized spacial score (nSPS) is 20.1. The Morgan fingerprint density at radius 3 is 2.30 bits per heavy atom. The Morgan fingerprint density at radius 2 is 1.70 bits per heavy atom. The number of carbonyl (C=O) groups excluding carboxylic acids is 1. The monoisotopic (exact) mass is 391 g/mol. The van der Waals surface area contributed by atoms with E-state index in [1.807, 2.05) is 42.5 Å². The van der Waals surface area contributed by atoms with Crippen molar-refractivity contribution in [2.45, 2.75) is 25.1 Å². The number of carbonyl (C=O) groups is 1. The fourth-order valence-electron chi connectivity index (χ4n) is 3.04. The zero-order chi connectivity index (χ0) is 19.4. The molecule has 0 aliphatic carbocycles. The number of amides is 1. The van der Waals surface area contributed by atoms with Crippen LogP contribution in [0.4, 0.5) is 0 Å². The second-order valence-electron chi connectivity index (χ2n) is 6.37. The molecule has 0 saturated carbocycles. The van der Waals surface area contributed by atoms with Crippen LogP contribution in [0.25, 0.3) is 0 Å². The third-order valence-electron chi connectivity index (χ3n) is 4.27.